The topological polar surface area (TPSA) is 79.7 Å². The van der Waals surface area contributed by atoms with Crippen molar-refractivity contribution in [2.75, 3.05) is 20.3 Å². The molecule has 1 aromatic carbocycles. The predicted octanol–water partition coefficient (Wildman–Crippen LogP) is 2.71. The Labute approximate surface area is 160 Å². The van der Waals surface area contributed by atoms with Gasteiger partial charge in [0, 0.05) is 4.88 Å². The summed E-state index contributed by atoms with van der Waals surface area (Å²) in [6.07, 6.45) is 1.38. The van der Waals surface area contributed by atoms with Gasteiger partial charge in [-0.05, 0) is 43.7 Å². The molecule has 0 radical (unpaired) electrons. The molecule has 0 bridgehead atoms. The Morgan fingerprint density at radius 2 is 1.85 bits per heavy atom. The van der Waals surface area contributed by atoms with Crippen molar-refractivity contribution in [1.29, 1.82) is 0 Å². The molecule has 0 atom stereocenters. The lowest BCUT2D eigenvalue weighted by Gasteiger charge is -2.09. The molecule has 0 spiro atoms. The molecule has 142 valence electrons. The second kappa shape index (κ2) is 8.22. The molecule has 0 aliphatic rings. The Kier molecular flexibility index (Phi) is 5.75. The van der Waals surface area contributed by atoms with E-state index in [2.05, 4.69) is 4.98 Å². The molecule has 0 aliphatic carbocycles. The highest BCUT2D eigenvalue weighted by molar-refractivity contribution is 7.18. The zero-order chi connectivity index (χ0) is 19.4. The van der Waals surface area contributed by atoms with E-state index in [0.717, 1.165) is 16.2 Å². The van der Waals surface area contributed by atoms with Crippen molar-refractivity contribution in [3.8, 4) is 11.5 Å². The summed E-state index contributed by atoms with van der Waals surface area (Å²) >= 11 is 1.47. The Balaban J connectivity index is 1.53. The number of aryl methyl sites for hydroxylation is 2. The van der Waals surface area contributed by atoms with Crippen molar-refractivity contribution in [2.45, 2.75) is 20.4 Å². The Morgan fingerprint density at radius 3 is 2.56 bits per heavy atom. The third-order valence-electron chi connectivity index (χ3n) is 4.13. The predicted molar refractivity (Wildman–Crippen MR) is 103 cm³/mol. The Hall–Kier alpha value is -2.87. The van der Waals surface area contributed by atoms with Crippen molar-refractivity contribution in [2.24, 2.45) is 0 Å². The molecule has 0 unspecified atom stereocenters. The highest BCUT2D eigenvalue weighted by Gasteiger charge is 2.14. The van der Waals surface area contributed by atoms with Gasteiger partial charge in [0.25, 0.3) is 5.56 Å². The van der Waals surface area contributed by atoms with Crippen molar-refractivity contribution in [3.05, 3.63) is 51.4 Å². The second-order valence-corrected chi connectivity index (χ2v) is 7.09. The number of fused-ring (bicyclic) bond motifs is 1. The van der Waals surface area contributed by atoms with E-state index in [9.17, 15) is 9.59 Å². The molecule has 0 aliphatic heterocycles. The lowest BCUT2D eigenvalue weighted by Crippen LogP contribution is -2.26. The number of aromatic nitrogens is 2. The zero-order valence-electron chi connectivity index (χ0n) is 15.4. The van der Waals surface area contributed by atoms with Crippen molar-refractivity contribution in [3.63, 3.8) is 0 Å². The summed E-state index contributed by atoms with van der Waals surface area (Å²) in [6, 6.07) is 7.11. The molecule has 0 N–H and O–H groups in total. The minimum absolute atomic E-state index is 0.0892. The average Bonchev–Trinajstić information content (AvgIpc) is 2.96. The summed E-state index contributed by atoms with van der Waals surface area (Å²) in [5, 5.41) is 0.565. The van der Waals surface area contributed by atoms with Crippen LogP contribution < -0.4 is 15.0 Å². The number of carbonyl (C=O) groups is 1. The third-order valence-corrected chi connectivity index (χ3v) is 5.25. The molecule has 3 aromatic rings. The molecule has 0 amide bonds. The van der Waals surface area contributed by atoms with Crippen LogP contribution in [-0.2, 0) is 16.1 Å². The lowest BCUT2D eigenvalue weighted by atomic mass is 10.2. The van der Waals surface area contributed by atoms with Crippen LogP contribution in [0.3, 0.4) is 0 Å². The molecule has 8 heteroatoms. The quantitative estimate of drug-likeness (QED) is 0.457. The van der Waals surface area contributed by atoms with Crippen LogP contribution in [0.15, 0.2) is 35.4 Å². The van der Waals surface area contributed by atoms with Gasteiger partial charge in [-0.1, -0.05) is 0 Å². The first kappa shape index (κ1) is 18.9. The van der Waals surface area contributed by atoms with Crippen molar-refractivity contribution >= 4 is 27.5 Å². The first-order valence-electron chi connectivity index (χ1n) is 8.37. The number of rotatable bonds is 7. The molecule has 0 saturated carbocycles. The van der Waals surface area contributed by atoms with Gasteiger partial charge in [0.05, 0.1) is 18.8 Å². The standard InChI is InChI=1S/C19H20N2O5S/c1-12-13(2)27-18-17(12)19(23)21(11-20-18)10-16(22)26-9-8-25-15-6-4-14(24-3)5-7-15/h4-7,11H,8-10H2,1-3H3. The van der Waals surface area contributed by atoms with E-state index >= 15 is 0 Å². The molecule has 7 nitrogen and oxygen atoms in total. The van der Waals surface area contributed by atoms with Crippen molar-refractivity contribution < 1.29 is 19.0 Å². The van der Waals surface area contributed by atoms with Crippen LogP contribution in [-0.4, -0.2) is 35.8 Å². The molecular weight excluding hydrogens is 368 g/mol. The van der Waals surface area contributed by atoms with Crippen LogP contribution >= 0.6 is 11.3 Å². The van der Waals surface area contributed by atoms with Gasteiger partial charge in [0.15, 0.2) is 0 Å². The number of hydrogen-bond acceptors (Lipinski definition) is 7. The van der Waals surface area contributed by atoms with Gasteiger partial charge >= 0.3 is 5.97 Å². The molecule has 0 saturated heterocycles. The average molecular weight is 388 g/mol. The van der Waals surface area contributed by atoms with E-state index < -0.39 is 5.97 Å². The third kappa shape index (κ3) is 4.28. The van der Waals surface area contributed by atoms with Gasteiger partial charge in [-0.25, -0.2) is 4.98 Å². The van der Waals surface area contributed by atoms with E-state index in [4.69, 9.17) is 14.2 Å². The first-order chi connectivity index (χ1) is 13.0. The summed E-state index contributed by atoms with van der Waals surface area (Å²) in [5.74, 6) is 0.878. The first-order valence-corrected chi connectivity index (χ1v) is 9.19. The fourth-order valence-corrected chi connectivity index (χ4v) is 3.54. The number of benzene rings is 1. The van der Waals surface area contributed by atoms with E-state index in [1.807, 2.05) is 13.8 Å². The van der Waals surface area contributed by atoms with Gasteiger partial charge in [-0.3, -0.25) is 14.2 Å². The van der Waals surface area contributed by atoms with E-state index in [1.165, 1.54) is 22.2 Å². The molecule has 3 rings (SSSR count). The zero-order valence-corrected chi connectivity index (χ0v) is 16.2. The molecule has 27 heavy (non-hydrogen) atoms. The highest BCUT2D eigenvalue weighted by Crippen LogP contribution is 2.25. The maximum atomic E-state index is 12.6. The van der Waals surface area contributed by atoms with Crippen molar-refractivity contribution in [1.82, 2.24) is 9.55 Å². The Morgan fingerprint density at radius 1 is 1.15 bits per heavy atom. The molecule has 0 fully saturated rings. The van der Waals surface area contributed by atoms with E-state index in [-0.39, 0.29) is 25.3 Å². The number of ether oxygens (including phenoxy) is 3. The monoisotopic (exact) mass is 388 g/mol. The summed E-state index contributed by atoms with van der Waals surface area (Å²) in [4.78, 5) is 30.6. The fourth-order valence-electron chi connectivity index (χ4n) is 2.55. The minimum Gasteiger partial charge on any atom is -0.497 e. The van der Waals surface area contributed by atoms with Gasteiger partial charge in [-0.15, -0.1) is 11.3 Å². The summed E-state index contributed by atoms with van der Waals surface area (Å²) in [5.41, 5.74) is 0.677. The van der Waals surface area contributed by atoms with Gasteiger partial charge in [0.1, 0.15) is 36.1 Å². The largest absolute Gasteiger partial charge is 0.497 e. The number of thiophene rings is 1. The molecular formula is C19H20N2O5S. The van der Waals surface area contributed by atoms with Crippen LogP contribution in [0.1, 0.15) is 10.4 Å². The normalized spacial score (nSPS) is 10.8. The summed E-state index contributed by atoms with van der Waals surface area (Å²) < 4.78 is 17.0. The number of carbonyl (C=O) groups excluding carboxylic acids is 1. The smallest absolute Gasteiger partial charge is 0.326 e. The molecule has 2 aromatic heterocycles. The maximum Gasteiger partial charge on any atom is 0.326 e. The van der Waals surface area contributed by atoms with Gasteiger partial charge in [0.2, 0.25) is 0 Å². The number of hydrogen-bond donors (Lipinski definition) is 0. The number of methoxy groups -OCH3 is 1. The lowest BCUT2D eigenvalue weighted by molar-refractivity contribution is -0.145. The van der Waals surface area contributed by atoms with Gasteiger partial charge < -0.3 is 14.2 Å². The molecule has 2 heterocycles. The highest BCUT2D eigenvalue weighted by atomic mass is 32.1. The van der Waals surface area contributed by atoms with Crippen LogP contribution in [0.5, 0.6) is 11.5 Å². The van der Waals surface area contributed by atoms with Crippen LogP contribution in [0.2, 0.25) is 0 Å². The number of nitrogens with zero attached hydrogens (tertiary/aromatic N) is 2. The summed E-state index contributed by atoms with van der Waals surface area (Å²) in [6.45, 7) is 3.95. The van der Waals surface area contributed by atoms with E-state index in [0.29, 0.717) is 16.0 Å². The van der Waals surface area contributed by atoms with Crippen LogP contribution in [0, 0.1) is 13.8 Å². The number of esters is 1. The maximum absolute atomic E-state index is 12.6. The minimum atomic E-state index is -0.513. The van der Waals surface area contributed by atoms with Crippen LogP contribution in [0.4, 0.5) is 0 Å². The SMILES string of the molecule is COc1ccc(OCCOC(=O)Cn2cnc3sc(C)c(C)c3c2=O)cc1. The Bertz CT molecular complexity index is 1010. The van der Waals surface area contributed by atoms with Gasteiger partial charge in [-0.2, -0.15) is 0 Å². The van der Waals surface area contributed by atoms with E-state index in [1.54, 1.807) is 31.4 Å². The second-order valence-electron chi connectivity index (χ2n) is 5.89. The van der Waals surface area contributed by atoms with Crippen LogP contribution in [0.25, 0.3) is 10.2 Å². The summed E-state index contributed by atoms with van der Waals surface area (Å²) in [7, 11) is 1.59. The fraction of sp³-hybridized carbons (Fsp3) is 0.316.